The minimum atomic E-state index is -0.127. The highest BCUT2D eigenvalue weighted by Crippen LogP contribution is 2.12. The molecule has 0 saturated heterocycles. The maximum absolute atomic E-state index is 11.6. The van der Waals surface area contributed by atoms with Gasteiger partial charge >= 0.3 is 5.95 Å². The Bertz CT molecular complexity index is 429. The predicted octanol–water partition coefficient (Wildman–Crippen LogP) is 4.28. The van der Waals surface area contributed by atoms with Gasteiger partial charge in [0.25, 0.3) is 0 Å². The van der Waals surface area contributed by atoms with Crippen molar-refractivity contribution in [2.45, 2.75) is 71.1 Å². The molecule has 0 atom stereocenters. The number of anilines is 2. The van der Waals surface area contributed by atoms with Crippen LogP contribution in [-0.2, 0) is 0 Å². The van der Waals surface area contributed by atoms with Crippen LogP contribution in [-0.4, -0.2) is 11.5 Å². The van der Waals surface area contributed by atoms with Gasteiger partial charge in [0.05, 0.1) is 6.07 Å². The third kappa shape index (κ3) is 7.69. The second kappa shape index (κ2) is 11.4. The zero-order valence-corrected chi connectivity index (χ0v) is 14.4. The standard InChI is InChI=1S/C16H29ClN4O/c1-2-3-4-5-6-7-8-9-10-11-12-19-15-13-14(17)20-16(18)21(15)22/h13,19H,2-12H2,1H3,(H2,18,20). The summed E-state index contributed by atoms with van der Waals surface area (Å²) in [6.07, 6.45) is 12.9. The molecule has 1 heterocycles. The highest BCUT2D eigenvalue weighted by Gasteiger charge is 2.08. The second-order valence-electron chi connectivity index (χ2n) is 5.73. The molecule has 0 spiro atoms. The summed E-state index contributed by atoms with van der Waals surface area (Å²) >= 11 is 5.78. The monoisotopic (exact) mass is 328 g/mol. The highest BCUT2D eigenvalue weighted by molar-refractivity contribution is 6.29. The minimum absolute atomic E-state index is 0.127. The SMILES string of the molecule is CCCCCCCCCCCCNc1cc(Cl)nc(N)[n+]1[O-]. The molecule has 22 heavy (non-hydrogen) atoms. The van der Waals surface area contributed by atoms with Crippen molar-refractivity contribution in [2.24, 2.45) is 0 Å². The molecule has 0 aliphatic carbocycles. The zero-order valence-electron chi connectivity index (χ0n) is 13.6. The Morgan fingerprint density at radius 1 is 1.09 bits per heavy atom. The number of nitrogens with zero attached hydrogens (tertiary/aromatic N) is 2. The van der Waals surface area contributed by atoms with Crippen LogP contribution in [0.2, 0.25) is 5.15 Å². The first-order valence-electron chi connectivity index (χ1n) is 8.44. The van der Waals surface area contributed by atoms with E-state index in [4.69, 9.17) is 17.3 Å². The lowest BCUT2D eigenvalue weighted by Crippen LogP contribution is -2.35. The van der Waals surface area contributed by atoms with E-state index in [0.29, 0.717) is 10.5 Å². The predicted molar refractivity (Wildman–Crippen MR) is 93.0 cm³/mol. The smallest absolute Gasteiger partial charge is 0.345 e. The molecule has 0 amide bonds. The van der Waals surface area contributed by atoms with E-state index in [9.17, 15) is 5.21 Å². The number of nitrogens with one attached hydrogen (secondary N) is 1. The van der Waals surface area contributed by atoms with Crippen LogP contribution in [0.25, 0.3) is 0 Å². The van der Waals surface area contributed by atoms with Crippen molar-refractivity contribution in [3.05, 3.63) is 16.4 Å². The van der Waals surface area contributed by atoms with Crippen molar-refractivity contribution >= 4 is 23.4 Å². The van der Waals surface area contributed by atoms with Gasteiger partial charge in [0.2, 0.25) is 0 Å². The number of unbranched alkanes of at least 4 members (excludes halogenated alkanes) is 9. The van der Waals surface area contributed by atoms with Crippen LogP contribution in [0.1, 0.15) is 71.1 Å². The van der Waals surface area contributed by atoms with E-state index in [1.165, 1.54) is 63.9 Å². The van der Waals surface area contributed by atoms with E-state index in [2.05, 4.69) is 17.2 Å². The molecule has 1 rings (SSSR count). The summed E-state index contributed by atoms with van der Waals surface area (Å²) in [6.45, 7) is 3.00. The molecule has 0 fully saturated rings. The van der Waals surface area contributed by atoms with Gasteiger partial charge in [0.1, 0.15) is 0 Å². The van der Waals surface area contributed by atoms with Crippen LogP contribution in [0.3, 0.4) is 0 Å². The molecular weight excluding hydrogens is 300 g/mol. The maximum Gasteiger partial charge on any atom is 0.345 e. The average molecular weight is 329 g/mol. The molecule has 0 saturated carbocycles. The van der Waals surface area contributed by atoms with Crippen molar-refractivity contribution < 1.29 is 4.73 Å². The normalized spacial score (nSPS) is 10.8. The quantitative estimate of drug-likeness (QED) is 0.260. The Balaban J connectivity index is 2.02. The molecule has 0 radical (unpaired) electrons. The number of hydrogen-bond acceptors (Lipinski definition) is 4. The molecule has 1 aromatic rings. The van der Waals surface area contributed by atoms with E-state index in [1.54, 1.807) is 0 Å². The summed E-state index contributed by atoms with van der Waals surface area (Å²) in [5.41, 5.74) is 5.47. The fourth-order valence-electron chi connectivity index (χ4n) is 2.43. The summed E-state index contributed by atoms with van der Waals surface area (Å²) in [5.74, 6) is 0.242. The topological polar surface area (TPSA) is 77.9 Å². The van der Waals surface area contributed by atoms with Crippen LogP contribution in [0, 0.1) is 5.21 Å². The van der Waals surface area contributed by atoms with E-state index < -0.39 is 0 Å². The Morgan fingerprint density at radius 3 is 2.23 bits per heavy atom. The van der Waals surface area contributed by atoms with Crippen LogP contribution in [0.4, 0.5) is 11.8 Å². The van der Waals surface area contributed by atoms with Crippen LogP contribution >= 0.6 is 11.6 Å². The van der Waals surface area contributed by atoms with Crippen molar-refractivity contribution in [1.82, 2.24) is 4.98 Å². The fraction of sp³-hybridized carbons (Fsp3) is 0.750. The van der Waals surface area contributed by atoms with E-state index in [1.807, 2.05) is 0 Å². The van der Waals surface area contributed by atoms with Gasteiger partial charge in [-0.15, -0.1) is 0 Å². The van der Waals surface area contributed by atoms with Crippen molar-refractivity contribution in [1.29, 1.82) is 0 Å². The Kier molecular flexibility index (Phi) is 9.71. The largest absolute Gasteiger partial charge is 0.754 e. The van der Waals surface area contributed by atoms with E-state index in [0.717, 1.165) is 13.0 Å². The molecule has 0 unspecified atom stereocenters. The first kappa shape index (κ1) is 18.8. The lowest BCUT2D eigenvalue weighted by molar-refractivity contribution is -0.577. The number of rotatable bonds is 12. The molecular formula is C16H29ClN4O. The molecule has 0 aromatic carbocycles. The molecule has 3 N–H and O–H groups in total. The van der Waals surface area contributed by atoms with E-state index in [-0.39, 0.29) is 11.1 Å². The highest BCUT2D eigenvalue weighted by atomic mass is 35.5. The van der Waals surface area contributed by atoms with Gasteiger partial charge in [0.15, 0.2) is 11.0 Å². The lowest BCUT2D eigenvalue weighted by atomic mass is 10.1. The van der Waals surface area contributed by atoms with Crippen molar-refractivity contribution in [2.75, 3.05) is 17.6 Å². The van der Waals surface area contributed by atoms with Crippen molar-refractivity contribution in [3.8, 4) is 0 Å². The van der Waals surface area contributed by atoms with Gasteiger partial charge in [-0.3, -0.25) is 0 Å². The summed E-state index contributed by atoms with van der Waals surface area (Å²) < 4.78 is 0.572. The van der Waals surface area contributed by atoms with Gasteiger partial charge in [-0.1, -0.05) is 69.7 Å². The van der Waals surface area contributed by atoms with Gasteiger partial charge in [-0.05, 0) is 18.0 Å². The van der Waals surface area contributed by atoms with Gasteiger partial charge in [0, 0.05) is 6.54 Å². The Labute approximate surface area is 138 Å². The maximum atomic E-state index is 11.6. The summed E-state index contributed by atoms with van der Waals surface area (Å²) in [4.78, 5) is 3.69. The minimum Gasteiger partial charge on any atom is -0.754 e. The number of nitrogen functional groups attached to an aromatic ring is 1. The van der Waals surface area contributed by atoms with Gasteiger partial charge in [-0.25, -0.2) is 4.73 Å². The first-order valence-corrected chi connectivity index (χ1v) is 8.82. The number of aromatic nitrogens is 2. The second-order valence-corrected chi connectivity index (χ2v) is 6.11. The van der Waals surface area contributed by atoms with E-state index >= 15 is 0 Å². The Morgan fingerprint density at radius 2 is 1.64 bits per heavy atom. The Hall–Kier alpha value is -1.23. The molecule has 5 nitrogen and oxygen atoms in total. The molecule has 0 bridgehead atoms. The van der Waals surface area contributed by atoms with Crippen LogP contribution in [0.15, 0.2) is 6.07 Å². The summed E-state index contributed by atoms with van der Waals surface area (Å²) in [5, 5.41) is 14.9. The molecule has 126 valence electrons. The number of hydrogen-bond donors (Lipinski definition) is 2. The van der Waals surface area contributed by atoms with Gasteiger partial charge < -0.3 is 16.3 Å². The zero-order chi connectivity index (χ0) is 16.2. The van der Waals surface area contributed by atoms with Crippen molar-refractivity contribution in [3.63, 3.8) is 0 Å². The average Bonchev–Trinajstić information content (AvgIpc) is 2.49. The molecule has 1 aromatic heterocycles. The number of halogens is 1. The lowest BCUT2D eigenvalue weighted by Gasteiger charge is -2.13. The number of nitrogens with two attached hydrogens (primary N) is 1. The third-order valence-corrected chi connectivity index (χ3v) is 3.93. The summed E-state index contributed by atoms with van der Waals surface area (Å²) in [6, 6.07) is 1.50. The van der Waals surface area contributed by atoms with Gasteiger partial charge in [-0.2, -0.15) is 0 Å². The fourth-order valence-corrected chi connectivity index (χ4v) is 2.62. The third-order valence-electron chi connectivity index (χ3n) is 3.74. The van der Waals surface area contributed by atoms with Crippen LogP contribution in [0.5, 0.6) is 0 Å². The van der Waals surface area contributed by atoms with Crippen LogP contribution < -0.4 is 15.8 Å². The molecule has 0 aliphatic heterocycles. The summed E-state index contributed by atoms with van der Waals surface area (Å²) in [7, 11) is 0. The first-order chi connectivity index (χ1) is 10.6. The molecule has 0 aliphatic rings. The molecule has 6 heteroatoms.